The highest BCUT2D eigenvalue weighted by Crippen LogP contribution is 2.45. The normalized spacial score (nSPS) is 27.8. The molecular formula is C13H16O3. The van der Waals surface area contributed by atoms with Crippen LogP contribution in [0.1, 0.15) is 25.3 Å². The number of benzene rings is 1. The molecule has 16 heavy (non-hydrogen) atoms. The first-order chi connectivity index (χ1) is 7.57. The summed E-state index contributed by atoms with van der Waals surface area (Å²) in [5.41, 5.74) is 0.465. The summed E-state index contributed by atoms with van der Waals surface area (Å²) in [6, 6.07) is 9.74. The Morgan fingerprint density at radius 3 is 2.50 bits per heavy atom. The van der Waals surface area contributed by atoms with E-state index in [1.54, 1.807) is 0 Å². The third-order valence-electron chi connectivity index (χ3n) is 3.27. The van der Waals surface area contributed by atoms with E-state index in [1.165, 1.54) is 0 Å². The smallest absolute Gasteiger partial charge is 0.312 e. The highest BCUT2D eigenvalue weighted by molar-refractivity contribution is 5.80. The Morgan fingerprint density at radius 1 is 1.31 bits per heavy atom. The summed E-state index contributed by atoms with van der Waals surface area (Å²) in [5.74, 6) is -0.313. The predicted molar refractivity (Wildman–Crippen MR) is 59.9 cm³/mol. The van der Waals surface area contributed by atoms with Crippen LogP contribution in [0.25, 0.3) is 0 Å². The minimum absolute atomic E-state index is 0.0776. The highest BCUT2D eigenvalue weighted by Gasteiger charge is 2.51. The van der Waals surface area contributed by atoms with Crippen molar-refractivity contribution in [3.05, 3.63) is 35.9 Å². The monoisotopic (exact) mass is 220 g/mol. The van der Waals surface area contributed by atoms with Crippen molar-refractivity contribution in [1.82, 2.24) is 0 Å². The van der Waals surface area contributed by atoms with E-state index in [9.17, 15) is 9.90 Å². The Balaban J connectivity index is 2.41. The van der Waals surface area contributed by atoms with Crippen molar-refractivity contribution in [1.29, 1.82) is 0 Å². The summed E-state index contributed by atoms with van der Waals surface area (Å²) >= 11 is 0. The topological polar surface area (TPSA) is 46.5 Å². The zero-order chi connectivity index (χ0) is 11.8. The van der Waals surface area contributed by atoms with Crippen LogP contribution < -0.4 is 0 Å². The molecule has 3 heteroatoms. The molecule has 1 fully saturated rings. The fourth-order valence-corrected chi connectivity index (χ4v) is 2.38. The summed E-state index contributed by atoms with van der Waals surface area (Å²) in [5, 5.41) is 9.27. The van der Waals surface area contributed by atoms with Crippen molar-refractivity contribution < 1.29 is 14.6 Å². The summed E-state index contributed by atoms with van der Waals surface area (Å²) in [7, 11) is 0. The third-order valence-corrected chi connectivity index (χ3v) is 3.27. The molecule has 0 bridgehead atoms. The van der Waals surface area contributed by atoms with Crippen LogP contribution >= 0.6 is 0 Å². The lowest BCUT2D eigenvalue weighted by Gasteiger charge is -2.24. The molecule has 3 nitrogen and oxygen atoms in total. The second kappa shape index (κ2) is 3.91. The molecule has 2 atom stereocenters. The molecule has 2 rings (SSSR count). The second-order valence-corrected chi connectivity index (χ2v) is 4.74. The van der Waals surface area contributed by atoms with Crippen LogP contribution in [0.2, 0.25) is 0 Å². The quantitative estimate of drug-likeness (QED) is 0.772. The van der Waals surface area contributed by atoms with Crippen molar-refractivity contribution in [3.63, 3.8) is 0 Å². The minimum atomic E-state index is -0.575. The van der Waals surface area contributed by atoms with Gasteiger partial charge in [-0.15, -0.1) is 0 Å². The first kappa shape index (κ1) is 11.1. The standard InChI is InChI=1S/C13H16O3/c1-13(2)11(9-6-4-3-5-7-9)10(8-14)16-12(13)15/h3-7,10-11,14H,8H2,1-2H3. The van der Waals surface area contributed by atoms with Gasteiger partial charge in [0.15, 0.2) is 0 Å². The maximum absolute atomic E-state index is 11.7. The maximum Gasteiger partial charge on any atom is 0.312 e. The summed E-state index contributed by atoms with van der Waals surface area (Å²) in [6.07, 6.45) is -0.426. The molecule has 86 valence electrons. The second-order valence-electron chi connectivity index (χ2n) is 4.74. The number of rotatable bonds is 2. The number of carbonyl (C=O) groups excluding carboxylic acids is 1. The zero-order valence-electron chi connectivity index (χ0n) is 9.51. The van der Waals surface area contributed by atoms with E-state index in [2.05, 4.69) is 0 Å². The van der Waals surface area contributed by atoms with Crippen LogP contribution in [0, 0.1) is 5.41 Å². The van der Waals surface area contributed by atoms with Gasteiger partial charge < -0.3 is 9.84 Å². The SMILES string of the molecule is CC1(C)C(=O)OC(CO)C1c1ccccc1. The lowest BCUT2D eigenvalue weighted by Crippen LogP contribution is -2.28. The van der Waals surface area contributed by atoms with E-state index in [-0.39, 0.29) is 18.5 Å². The summed E-state index contributed by atoms with van der Waals surface area (Å²) in [6.45, 7) is 3.60. The summed E-state index contributed by atoms with van der Waals surface area (Å²) < 4.78 is 5.20. The summed E-state index contributed by atoms with van der Waals surface area (Å²) in [4.78, 5) is 11.7. The predicted octanol–water partition coefficient (Wildman–Crippen LogP) is 1.71. The molecule has 0 saturated carbocycles. The Hall–Kier alpha value is -1.35. The van der Waals surface area contributed by atoms with Gasteiger partial charge in [-0.1, -0.05) is 30.3 Å². The fourth-order valence-electron chi connectivity index (χ4n) is 2.38. The van der Waals surface area contributed by atoms with Gasteiger partial charge in [-0.3, -0.25) is 4.79 Å². The molecule has 0 amide bonds. The van der Waals surface area contributed by atoms with Gasteiger partial charge in [0.2, 0.25) is 0 Å². The van der Waals surface area contributed by atoms with E-state index in [4.69, 9.17) is 4.74 Å². The molecule has 0 radical (unpaired) electrons. The largest absolute Gasteiger partial charge is 0.459 e. The molecule has 1 aliphatic rings. The Kier molecular flexibility index (Phi) is 2.72. The van der Waals surface area contributed by atoms with Crippen molar-refractivity contribution in [2.45, 2.75) is 25.9 Å². The molecule has 1 aromatic carbocycles. The lowest BCUT2D eigenvalue weighted by molar-refractivity contribution is -0.148. The molecule has 1 aromatic rings. The number of ether oxygens (including phenoxy) is 1. The first-order valence-electron chi connectivity index (χ1n) is 5.44. The lowest BCUT2D eigenvalue weighted by atomic mass is 9.74. The van der Waals surface area contributed by atoms with Gasteiger partial charge in [-0.2, -0.15) is 0 Å². The number of aliphatic hydroxyl groups excluding tert-OH is 1. The van der Waals surface area contributed by atoms with Gasteiger partial charge in [0.25, 0.3) is 0 Å². The molecule has 0 aromatic heterocycles. The third kappa shape index (κ3) is 1.61. The maximum atomic E-state index is 11.7. The van der Waals surface area contributed by atoms with Gasteiger partial charge in [0.05, 0.1) is 12.0 Å². The number of cyclic esters (lactones) is 1. The van der Waals surface area contributed by atoms with Crippen LogP contribution in [0.15, 0.2) is 30.3 Å². The van der Waals surface area contributed by atoms with Crippen LogP contribution in [0.4, 0.5) is 0 Å². The van der Waals surface area contributed by atoms with E-state index in [1.807, 2.05) is 44.2 Å². The molecule has 1 saturated heterocycles. The number of aliphatic hydroxyl groups is 1. The van der Waals surface area contributed by atoms with Crippen molar-refractivity contribution in [2.75, 3.05) is 6.61 Å². The first-order valence-corrected chi connectivity index (χ1v) is 5.44. The molecule has 1 heterocycles. The number of esters is 1. The van der Waals surface area contributed by atoms with Gasteiger partial charge in [0.1, 0.15) is 6.10 Å². The number of carbonyl (C=O) groups is 1. The van der Waals surface area contributed by atoms with E-state index < -0.39 is 11.5 Å². The van der Waals surface area contributed by atoms with Gasteiger partial charge in [-0.25, -0.2) is 0 Å². The van der Waals surface area contributed by atoms with Crippen LogP contribution in [-0.2, 0) is 9.53 Å². The molecule has 0 aliphatic carbocycles. The number of hydrogen-bond donors (Lipinski definition) is 1. The van der Waals surface area contributed by atoms with Crippen molar-refractivity contribution in [3.8, 4) is 0 Å². The fraction of sp³-hybridized carbons (Fsp3) is 0.462. The minimum Gasteiger partial charge on any atom is -0.459 e. The average molecular weight is 220 g/mol. The van der Waals surface area contributed by atoms with Crippen LogP contribution in [0.3, 0.4) is 0 Å². The van der Waals surface area contributed by atoms with Gasteiger partial charge in [-0.05, 0) is 19.4 Å². The van der Waals surface area contributed by atoms with E-state index in [0.717, 1.165) is 5.56 Å². The Bertz CT molecular complexity index is 383. The molecular weight excluding hydrogens is 204 g/mol. The Morgan fingerprint density at radius 2 is 1.94 bits per heavy atom. The Labute approximate surface area is 95.0 Å². The average Bonchev–Trinajstić information content (AvgIpc) is 2.51. The molecule has 2 unspecified atom stereocenters. The van der Waals surface area contributed by atoms with Crippen LogP contribution in [0.5, 0.6) is 0 Å². The van der Waals surface area contributed by atoms with E-state index in [0.29, 0.717) is 0 Å². The molecule has 1 N–H and O–H groups in total. The van der Waals surface area contributed by atoms with Gasteiger partial charge in [0, 0.05) is 5.92 Å². The molecule has 1 aliphatic heterocycles. The van der Waals surface area contributed by atoms with Gasteiger partial charge >= 0.3 is 5.97 Å². The van der Waals surface area contributed by atoms with Crippen LogP contribution in [-0.4, -0.2) is 23.8 Å². The zero-order valence-corrected chi connectivity index (χ0v) is 9.51. The molecule has 0 spiro atoms. The van der Waals surface area contributed by atoms with Crippen molar-refractivity contribution in [2.24, 2.45) is 5.41 Å². The van der Waals surface area contributed by atoms with E-state index >= 15 is 0 Å². The number of hydrogen-bond acceptors (Lipinski definition) is 3. The highest BCUT2D eigenvalue weighted by atomic mass is 16.6. The van der Waals surface area contributed by atoms with Crippen molar-refractivity contribution >= 4 is 5.97 Å².